The van der Waals surface area contributed by atoms with E-state index in [2.05, 4.69) is 4.98 Å². The van der Waals surface area contributed by atoms with Crippen LogP contribution in [0.2, 0.25) is 0 Å². The van der Waals surface area contributed by atoms with Crippen molar-refractivity contribution in [1.82, 2.24) is 4.98 Å². The lowest BCUT2D eigenvalue weighted by atomic mass is 9.84. The highest BCUT2D eigenvalue weighted by atomic mass is 16.1. The molecule has 1 aromatic rings. The molecule has 3 atom stereocenters. The summed E-state index contributed by atoms with van der Waals surface area (Å²) in [6, 6.07) is 3.52. The predicted molar refractivity (Wildman–Crippen MR) is 66.5 cm³/mol. The van der Waals surface area contributed by atoms with Crippen LogP contribution in [0, 0.1) is 17.8 Å². The van der Waals surface area contributed by atoms with Crippen LogP contribution in [0.1, 0.15) is 42.6 Å². The second-order valence-electron chi connectivity index (χ2n) is 5.50. The quantitative estimate of drug-likeness (QED) is 0.812. The number of nitrogens with two attached hydrogens (primary N) is 1. The van der Waals surface area contributed by atoms with E-state index in [9.17, 15) is 4.79 Å². The van der Waals surface area contributed by atoms with Gasteiger partial charge in [-0.1, -0.05) is 6.42 Å². The van der Waals surface area contributed by atoms with Gasteiger partial charge in [0.05, 0.1) is 5.69 Å². The summed E-state index contributed by atoms with van der Waals surface area (Å²) >= 11 is 0. The molecule has 17 heavy (non-hydrogen) atoms. The number of ketones is 1. The first kappa shape index (κ1) is 10.8. The number of nitrogen functional groups attached to an aromatic ring is 1. The van der Waals surface area contributed by atoms with Crippen LogP contribution in [0.5, 0.6) is 0 Å². The maximum atomic E-state index is 12.2. The lowest BCUT2D eigenvalue weighted by Gasteiger charge is -2.20. The summed E-state index contributed by atoms with van der Waals surface area (Å²) in [5.74, 6) is 2.39. The molecule has 2 aliphatic rings. The van der Waals surface area contributed by atoms with E-state index in [-0.39, 0.29) is 5.78 Å². The minimum absolute atomic E-state index is 0.126. The first-order chi connectivity index (χ1) is 8.24. The maximum absolute atomic E-state index is 12.2. The topological polar surface area (TPSA) is 56.0 Å². The van der Waals surface area contributed by atoms with Gasteiger partial charge in [-0.2, -0.15) is 0 Å². The van der Waals surface area contributed by atoms with E-state index < -0.39 is 0 Å². The van der Waals surface area contributed by atoms with Gasteiger partial charge >= 0.3 is 0 Å². The van der Waals surface area contributed by atoms with E-state index in [1.54, 1.807) is 18.3 Å². The molecule has 3 heteroatoms. The second-order valence-corrected chi connectivity index (χ2v) is 5.50. The van der Waals surface area contributed by atoms with Crippen molar-refractivity contribution >= 4 is 11.5 Å². The Bertz CT molecular complexity index is 444. The highest BCUT2D eigenvalue weighted by Gasteiger charge is 2.40. The third-order valence-corrected chi connectivity index (χ3v) is 4.44. The third-order valence-electron chi connectivity index (χ3n) is 4.44. The van der Waals surface area contributed by atoms with Crippen molar-refractivity contribution in [1.29, 1.82) is 0 Å². The molecule has 0 aliphatic heterocycles. The molecule has 3 unspecified atom stereocenters. The van der Waals surface area contributed by atoms with Crippen LogP contribution in [0.4, 0.5) is 5.69 Å². The molecule has 2 fully saturated rings. The maximum Gasteiger partial charge on any atom is 0.183 e. The van der Waals surface area contributed by atoms with Gasteiger partial charge in [-0.15, -0.1) is 0 Å². The van der Waals surface area contributed by atoms with Gasteiger partial charge in [-0.05, 0) is 49.1 Å². The Kier molecular flexibility index (Phi) is 2.61. The number of pyridine rings is 1. The van der Waals surface area contributed by atoms with Crippen LogP contribution in [-0.4, -0.2) is 10.8 Å². The summed E-state index contributed by atoms with van der Waals surface area (Å²) in [5.41, 5.74) is 6.77. The molecule has 1 aromatic heterocycles. The standard InChI is InChI=1S/C14H18N2O/c15-12-2-1-5-16-14(12)13(17)8-11-7-9-3-4-10(11)6-9/h1-2,5,9-11H,3-4,6-8,15H2. The van der Waals surface area contributed by atoms with E-state index in [1.165, 1.54) is 25.7 Å². The Balaban J connectivity index is 1.70. The molecule has 0 radical (unpaired) electrons. The van der Waals surface area contributed by atoms with Gasteiger partial charge in [0.2, 0.25) is 0 Å². The van der Waals surface area contributed by atoms with Crippen LogP contribution in [0.3, 0.4) is 0 Å². The Labute approximate surface area is 101 Å². The van der Waals surface area contributed by atoms with Gasteiger partial charge in [-0.25, -0.2) is 0 Å². The van der Waals surface area contributed by atoms with Crippen molar-refractivity contribution in [2.45, 2.75) is 32.1 Å². The number of nitrogens with zero attached hydrogens (tertiary/aromatic N) is 1. The summed E-state index contributed by atoms with van der Waals surface area (Å²) < 4.78 is 0. The van der Waals surface area contributed by atoms with E-state index in [1.807, 2.05) is 0 Å². The first-order valence-corrected chi connectivity index (χ1v) is 6.47. The van der Waals surface area contributed by atoms with Gasteiger partial charge in [0.25, 0.3) is 0 Å². The molecule has 2 bridgehead atoms. The van der Waals surface area contributed by atoms with Crippen LogP contribution >= 0.6 is 0 Å². The Morgan fingerprint density at radius 3 is 2.94 bits per heavy atom. The van der Waals surface area contributed by atoms with Crippen molar-refractivity contribution < 1.29 is 4.79 Å². The molecule has 2 aliphatic carbocycles. The summed E-state index contributed by atoms with van der Waals surface area (Å²) in [6.07, 6.45) is 7.56. The normalized spacial score (nSPS) is 30.7. The molecule has 0 amide bonds. The molecule has 2 N–H and O–H groups in total. The SMILES string of the molecule is Nc1cccnc1C(=O)CC1CC2CCC1C2. The number of hydrogen-bond donors (Lipinski definition) is 1. The molecule has 2 saturated carbocycles. The fourth-order valence-electron chi connectivity index (χ4n) is 3.61. The summed E-state index contributed by atoms with van der Waals surface area (Å²) in [5, 5.41) is 0. The van der Waals surface area contributed by atoms with Crippen molar-refractivity contribution in [3.8, 4) is 0 Å². The van der Waals surface area contributed by atoms with Crippen molar-refractivity contribution in [3.63, 3.8) is 0 Å². The molecule has 0 saturated heterocycles. The largest absolute Gasteiger partial charge is 0.397 e. The van der Waals surface area contributed by atoms with Crippen molar-refractivity contribution in [2.24, 2.45) is 17.8 Å². The second kappa shape index (κ2) is 4.13. The highest BCUT2D eigenvalue weighted by Crippen LogP contribution is 2.49. The van der Waals surface area contributed by atoms with Crippen molar-refractivity contribution in [2.75, 3.05) is 5.73 Å². The highest BCUT2D eigenvalue weighted by molar-refractivity contribution is 5.98. The molecule has 3 nitrogen and oxygen atoms in total. The molecular weight excluding hydrogens is 212 g/mol. The number of fused-ring (bicyclic) bond motifs is 2. The van der Waals surface area contributed by atoms with Gasteiger partial charge in [0, 0.05) is 12.6 Å². The van der Waals surface area contributed by atoms with E-state index in [4.69, 9.17) is 5.73 Å². The molecule has 0 spiro atoms. The van der Waals surface area contributed by atoms with Crippen LogP contribution < -0.4 is 5.73 Å². The molecular formula is C14H18N2O. The van der Waals surface area contributed by atoms with E-state index in [0.29, 0.717) is 23.7 Å². The van der Waals surface area contributed by atoms with Gasteiger partial charge in [0.15, 0.2) is 5.78 Å². The summed E-state index contributed by atoms with van der Waals surface area (Å²) in [4.78, 5) is 16.3. The summed E-state index contributed by atoms with van der Waals surface area (Å²) in [6.45, 7) is 0. The van der Waals surface area contributed by atoms with E-state index in [0.717, 1.165) is 11.8 Å². The minimum atomic E-state index is 0.126. The molecule has 3 rings (SSSR count). The molecule has 0 aromatic carbocycles. The smallest absolute Gasteiger partial charge is 0.183 e. The predicted octanol–water partition coefficient (Wildman–Crippen LogP) is 2.67. The van der Waals surface area contributed by atoms with Crippen LogP contribution in [0.25, 0.3) is 0 Å². The number of carbonyl (C=O) groups excluding carboxylic acids is 1. The number of carbonyl (C=O) groups is 1. The number of Topliss-reactive ketones (excluding diaryl/α,β-unsaturated/α-hetero) is 1. The van der Waals surface area contributed by atoms with Crippen LogP contribution in [-0.2, 0) is 0 Å². The van der Waals surface area contributed by atoms with Gasteiger partial charge < -0.3 is 5.73 Å². The number of hydrogen-bond acceptors (Lipinski definition) is 3. The minimum Gasteiger partial charge on any atom is -0.397 e. The fourth-order valence-corrected chi connectivity index (χ4v) is 3.61. The third kappa shape index (κ3) is 1.94. The zero-order chi connectivity index (χ0) is 11.8. The Hall–Kier alpha value is -1.38. The van der Waals surface area contributed by atoms with Crippen LogP contribution in [0.15, 0.2) is 18.3 Å². The lowest BCUT2D eigenvalue weighted by molar-refractivity contribution is 0.0940. The molecule has 90 valence electrons. The average molecular weight is 230 g/mol. The Morgan fingerprint density at radius 2 is 2.29 bits per heavy atom. The Morgan fingerprint density at radius 1 is 1.41 bits per heavy atom. The molecule has 1 heterocycles. The van der Waals surface area contributed by atoms with E-state index >= 15 is 0 Å². The fraction of sp³-hybridized carbons (Fsp3) is 0.571. The number of anilines is 1. The summed E-state index contributed by atoms with van der Waals surface area (Å²) in [7, 11) is 0. The van der Waals surface area contributed by atoms with Gasteiger partial charge in [0.1, 0.15) is 5.69 Å². The monoisotopic (exact) mass is 230 g/mol. The number of aromatic nitrogens is 1. The zero-order valence-electron chi connectivity index (χ0n) is 9.93. The zero-order valence-corrected chi connectivity index (χ0v) is 9.93. The first-order valence-electron chi connectivity index (χ1n) is 6.47. The number of rotatable bonds is 3. The lowest BCUT2D eigenvalue weighted by Crippen LogP contribution is -2.17. The van der Waals surface area contributed by atoms with Crippen molar-refractivity contribution in [3.05, 3.63) is 24.0 Å². The van der Waals surface area contributed by atoms with Gasteiger partial charge in [-0.3, -0.25) is 9.78 Å². The average Bonchev–Trinajstić information content (AvgIpc) is 2.91.